The van der Waals surface area contributed by atoms with Crippen molar-refractivity contribution in [2.24, 2.45) is 11.7 Å². The highest BCUT2D eigenvalue weighted by molar-refractivity contribution is 4.74. The molecule has 3 atom stereocenters. The molecule has 1 aliphatic rings. The average molecular weight is 185 g/mol. The second-order valence-electron chi connectivity index (χ2n) is 4.20. The minimum absolute atomic E-state index is 0.283. The molecule has 0 bridgehead atoms. The van der Waals surface area contributed by atoms with E-state index in [9.17, 15) is 0 Å². The molecule has 2 N–H and O–H groups in total. The molecule has 0 aromatic rings. The Balaban J connectivity index is 2.32. The molecule has 0 spiro atoms. The Labute approximate surface area is 81.8 Å². The lowest BCUT2D eigenvalue weighted by molar-refractivity contribution is -0.0526. The Morgan fingerprint density at radius 2 is 2.08 bits per heavy atom. The van der Waals surface area contributed by atoms with Crippen LogP contribution >= 0.6 is 0 Å². The molecule has 3 unspecified atom stereocenters. The van der Waals surface area contributed by atoms with Crippen molar-refractivity contribution in [1.82, 2.24) is 0 Å². The molecule has 1 aliphatic carbocycles. The molecule has 78 valence electrons. The molecule has 13 heavy (non-hydrogen) atoms. The molecule has 1 fully saturated rings. The largest absolute Gasteiger partial charge is 0.373 e. The lowest BCUT2D eigenvalue weighted by Gasteiger charge is -2.31. The van der Waals surface area contributed by atoms with Gasteiger partial charge in [-0.2, -0.15) is 0 Å². The van der Waals surface area contributed by atoms with Crippen LogP contribution in [0.1, 0.15) is 46.0 Å². The fourth-order valence-corrected chi connectivity index (χ4v) is 2.05. The van der Waals surface area contributed by atoms with Crippen molar-refractivity contribution in [2.75, 3.05) is 6.54 Å². The molecule has 1 rings (SSSR count). The molecule has 0 aromatic heterocycles. The summed E-state index contributed by atoms with van der Waals surface area (Å²) in [5.74, 6) is 0.731. The molecule has 0 aliphatic heterocycles. The molecular formula is C11H23NO. The van der Waals surface area contributed by atoms with E-state index in [1.54, 1.807) is 0 Å². The molecule has 1 saturated carbocycles. The predicted molar refractivity (Wildman–Crippen MR) is 55.6 cm³/mol. The summed E-state index contributed by atoms with van der Waals surface area (Å²) in [4.78, 5) is 0. The second kappa shape index (κ2) is 5.61. The highest BCUT2D eigenvalue weighted by atomic mass is 16.5. The monoisotopic (exact) mass is 185 g/mol. The van der Waals surface area contributed by atoms with Crippen molar-refractivity contribution in [3.05, 3.63) is 0 Å². The van der Waals surface area contributed by atoms with Gasteiger partial charge in [0.1, 0.15) is 0 Å². The van der Waals surface area contributed by atoms with Gasteiger partial charge in [0.05, 0.1) is 12.2 Å². The van der Waals surface area contributed by atoms with Gasteiger partial charge in [-0.25, -0.2) is 0 Å². The van der Waals surface area contributed by atoms with Gasteiger partial charge in [-0.05, 0) is 25.2 Å². The summed E-state index contributed by atoms with van der Waals surface area (Å²) in [5, 5.41) is 0. The van der Waals surface area contributed by atoms with Gasteiger partial charge in [0.25, 0.3) is 0 Å². The van der Waals surface area contributed by atoms with Crippen LogP contribution in [0.4, 0.5) is 0 Å². The summed E-state index contributed by atoms with van der Waals surface area (Å²) >= 11 is 0. The van der Waals surface area contributed by atoms with Gasteiger partial charge >= 0.3 is 0 Å². The topological polar surface area (TPSA) is 35.2 Å². The SMILES string of the molecule is CCC(CN)OC1CCCCC1C. The van der Waals surface area contributed by atoms with Crippen molar-refractivity contribution in [3.63, 3.8) is 0 Å². The molecular weight excluding hydrogens is 162 g/mol. The maximum Gasteiger partial charge on any atom is 0.0698 e. The first-order chi connectivity index (χ1) is 6.27. The van der Waals surface area contributed by atoms with E-state index in [4.69, 9.17) is 10.5 Å². The third-order valence-electron chi connectivity index (χ3n) is 3.12. The van der Waals surface area contributed by atoms with Gasteiger partial charge in [-0.15, -0.1) is 0 Å². The standard InChI is InChI=1S/C11H23NO/c1-3-10(8-12)13-11-7-5-4-6-9(11)2/h9-11H,3-8,12H2,1-2H3. The Hall–Kier alpha value is -0.0800. The summed E-state index contributed by atoms with van der Waals surface area (Å²) in [6, 6.07) is 0. The normalized spacial score (nSPS) is 31.6. The quantitative estimate of drug-likeness (QED) is 0.729. The second-order valence-corrected chi connectivity index (χ2v) is 4.20. The van der Waals surface area contributed by atoms with Gasteiger partial charge < -0.3 is 10.5 Å². The zero-order valence-corrected chi connectivity index (χ0v) is 8.96. The van der Waals surface area contributed by atoms with Crippen LogP contribution in [0.15, 0.2) is 0 Å². The lowest BCUT2D eigenvalue weighted by atomic mass is 9.88. The molecule has 0 amide bonds. The van der Waals surface area contributed by atoms with Gasteiger partial charge in [0.2, 0.25) is 0 Å². The summed E-state index contributed by atoms with van der Waals surface area (Å²) in [7, 11) is 0. The van der Waals surface area contributed by atoms with Gasteiger partial charge in [0, 0.05) is 6.54 Å². The first-order valence-electron chi connectivity index (χ1n) is 5.63. The van der Waals surface area contributed by atoms with Crippen molar-refractivity contribution >= 4 is 0 Å². The van der Waals surface area contributed by atoms with Crippen LogP contribution in [0.25, 0.3) is 0 Å². The highest BCUT2D eigenvalue weighted by Crippen LogP contribution is 2.27. The number of hydrogen-bond donors (Lipinski definition) is 1. The first kappa shape index (κ1) is 11.0. The van der Waals surface area contributed by atoms with E-state index in [0.717, 1.165) is 12.3 Å². The third-order valence-corrected chi connectivity index (χ3v) is 3.12. The minimum Gasteiger partial charge on any atom is -0.373 e. The van der Waals surface area contributed by atoms with Crippen LogP contribution in [0.2, 0.25) is 0 Å². The maximum absolute atomic E-state index is 5.98. The highest BCUT2D eigenvalue weighted by Gasteiger charge is 2.23. The summed E-state index contributed by atoms with van der Waals surface area (Å²) in [6.07, 6.45) is 7.06. The summed E-state index contributed by atoms with van der Waals surface area (Å²) in [5.41, 5.74) is 5.62. The van der Waals surface area contributed by atoms with Crippen molar-refractivity contribution in [3.8, 4) is 0 Å². The summed E-state index contributed by atoms with van der Waals surface area (Å²) < 4.78 is 5.98. The fourth-order valence-electron chi connectivity index (χ4n) is 2.05. The average Bonchev–Trinajstić information content (AvgIpc) is 2.17. The first-order valence-corrected chi connectivity index (χ1v) is 5.63. The van der Waals surface area contributed by atoms with Crippen LogP contribution in [0, 0.1) is 5.92 Å². The van der Waals surface area contributed by atoms with Crippen molar-refractivity contribution in [2.45, 2.75) is 58.2 Å². The van der Waals surface area contributed by atoms with E-state index < -0.39 is 0 Å². The van der Waals surface area contributed by atoms with Crippen LogP contribution < -0.4 is 5.73 Å². The summed E-state index contributed by atoms with van der Waals surface area (Å²) in [6.45, 7) is 5.11. The van der Waals surface area contributed by atoms with E-state index in [1.807, 2.05) is 0 Å². The lowest BCUT2D eigenvalue weighted by Crippen LogP contribution is -2.33. The molecule has 0 aromatic carbocycles. The fraction of sp³-hybridized carbons (Fsp3) is 1.00. The number of ether oxygens (including phenoxy) is 1. The van der Waals surface area contributed by atoms with Crippen LogP contribution in [0.5, 0.6) is 0 Å². The number of rotatable bonds is 4. The van der Waals surface area contributed by atoms with Gasteiger partial charge in [-0.3, -0.25) is 0 Å². The van der Waals surface area contributed by atoms with E-state index in [-0.39, 0.29) is 6.10 Å². The Morgan fingerprint density at radius 1 is 1.38 bits per heavy atom. The zero-order chi connectivity index (χ0) is 9.68. The molecule has 0 saturated heterocycles. The third kappa shape index (κ3) is 3.28. The Morgan fingerprint density at radius 3 is 2.62 bits per heavy atom. The predicted octanol–water partition coefficient (Wildman–Crippen LogP) is 2.32. The van der Waals surface area contributed by atoms with Crippen LogP contribution in [-0.2, 0) is 4.74 Å². The van der Waals surface area contributed by atoms with E-state index in [1.165, 1.54) is 25.7 Å². The van der Waals surface area contributed by atoms with Crippen molar-refractivity contribution in [1.29, 1.82) is 0 Å². The van der Waals surface area contributed by atoms with E-state index >= 15 is 0 Å². The smallest absolute Gasteiger partial charge is 0.0698 e. The molecule has 0 radical (unpaired) electrons. The molecule has 2 nitrogen and oxygen atoms in total. The number of hydrogen-bond acceptors (Lipinski definition) is 2. The molecule has 2 heteroatoms. The van der Waals surface area contributed by atoms with Crippen LogP contribution in [-0.4, -0.2) is 18.8 Å². The van der Waals surface area contributed by atoms with E-state index in [2.05, 4.69) is 13.8 Å². The van der Waals surface area contributed by atoms with Crippen LogP contribution in [0.3, 0.4) is 0 Å². The van der Waals surface area contributed by atoms with Gasteiger partial charge in [-0.1, -0.05) is 26.7 Å². The molecule has 0 heterocycles. The van der Waals surface area contributed by atoms with E-state index in [0.29, 0.717) is 12.6 Å². The number of nitrogens with two attached hydrogens (primary N) is 1. The van der Waals surface area contributed by atoms with Gasteiger partial charge in [0.15, 0.2) is 0 Å². The zero-order valence-electron chi connectivity index (χ0n) is 8.96. The maximum atomic E-state index is 5.98. The van der Waals surface area contributed by atoms with Crippen molar-refractivity contribution < 1.29 is 4.74 Å². The Bertz CT molecular complexity index is 134. The Kier molecular flexibility index (Phi) is 4.74. The minimum atomic E-state index is 0.283.